The largest absolute Gasteiger partial charge is 0.455 e. The maximum absolute atomic E-state index is 6.85. The number of hydrogen-bond acceptors (Lipinski definition) is 3. The summed E-state index contributed by atoms with van der Waals surface area (Å²) in [5, 5.41) is 9.04. The zero-order chi connectivity index (χ0) is 38.9. The number of anilines is 3. The summed E-state index contributed by atoms with van der Waals surface area (Å²) in [6.07, 6.45) is 0. The van der Waals surface area contributed by atoms with Crippen LogP contribution in [0.2, 0.25) is 0 Å². The molecule has 59 heavy (non-hydrogen) atoms. The van der Waals surface area contributed by atoms with Crippen LogP contribution < -0.4 is 4.90 Å². The van der Waals surface area contributed by atoms with E-state index in [1.165, 1.54) is 10.8 Å². The highest BCUT2D eigenvalue weighted by Gasteiger charge is 2.24. The van der Waals surface area contributed by atoms with Crippen molar-refractivity contribution in [2.24, 2.45) is 0 Å². The van der Waals surface area contributed by atoms with Crippen LogP contribution in [0.5, 0.6) is 0 Å². The van der Waals surface area contributed by atoms with E-state index in [-0.39, 0.29) is 0 Å². The van der Waals surface area contributed by atoms with Crippen LogP contribution in [0.25, 0.3) is 98.8 Å². The van der Waals surface area contributed by atoms with Crippen LogP contribution in [-0.2, 0) is 0 Å². The number of fused-ring (bicyclic) bond motifs is 9. The smallest absolute Gasteiger partial charge is 0.143 e. The van der Waals surface area contributed by atoms with Gasteiger partial charge in [0.05, 0.1) is 11.4 Å². The van der Waals surface area contributed by atoms with E-state index in [1.54, 1.807) is 0 Å². The molecule has 3 heteroatoms. The third-order valence-electron chi connectivity index (χ3n) is 11.9. The van der Waals surface area contributed by atoms with Gasteiger partial charge in [-0.3, -0.25) is 0 Å². The number of benzene rings is 10. The molecule has 2 heterocycles. The molecule has 0 aliphatic carbocycles. The second-order valence-electron chi connectivity index (χ2n) is 15.2. The summed E-state index contributed by atoms with van der Waals surface area (Å²) in [7, 11) is 0. The van der Waals surface area contributed by atoms with E-state index in [9.17, 15) is 0 Å². The number of para-hydroxylation sites is 3. The van der Waals surface area contributed by atoms with E-state index >= 15 is 0 Å². The van der Waals surface area contributed by atoms with E-state index < -0.39 is 0 Å². The molecule has 3 nitrogen and oxygen atoms in total. The van der Waals surface area contributed by atoms with Crippen molar-refractivity contribution in [2.75, 3.05) is 4.90 Å². The fourth-order valence-corrected chi connectivity index (χ4v) is 9.11. The number of hydrogen-bond donors (Lipinski definition) is 0. The van der Waals surface area contributed by atoms with Crippen LogP contribution in [0, 0.1) is 0 Å². The van der Waals surface area contributed by atoms with E-state index in [1.807, 2.05) is 12.1 Å². The van der Waals surface area contributed by atoms with Gasteiger partial charge in [0.2, 0.25) is 0 Å². The van der Waals surface area contributed by atoms with Crippen molar-refractivity contribution >= 4 is 82.5 Å². The van der Waals surface area contributed by atoms with Gasteiger partial charge in [0.25, 0.3) is 0 Å². The first-order valence-electron chi connectivity index (χ1n) is 20.1. The minimum Gasteiger partial charge on any atom is -0.455 e. The monoisotopic (exact) mass is 753 g/mol. The van der Waals surface area contributed by atoms with Crippen molar-refractivity contribution in [1.82, 2.24) is 0 Å². The Morgan fingerprint density at radius 1 is 0.305 bits per heavy atom. The molecule has 0 bridgehead atoms. The van der Waals surface area contributed by atoms with E-state index in [4.69, 9.17) is 8.83 Å². The summed E-state index contributed by atoms with van der Waals surface area (Å²) in [5.74, 6) is 0. The Labute approximate surface area is 340 Å². The van der Waals surface area contributed by atoms with Crippen LogP contribution in [0.3, 0.4) is 0 Å². The Hall–Kier alpha value is -7.88. The van der Waals surface area contributed by atoms with Crippen LogP contribution in [0.4, 0.5) is 17.1 Å². The second kappa shape index (κ2) is 13.4. The summed E-state index contributed by atoms with van der Waals surface area (Å²) in [4.78, 5) is 2.42. The Morgan fingerprint density at radius 3 is 1.78 bits per heavy atom. The van der Waals surface area contributed by atoms with Gasteiger partial charge in [-0.05, 0) is 75.5 Å². The lowest BCUT2D eigenvalue weighted by Crippen LogP contribution is -2.12. The SMILES string of the molecule is c1ccc(-c2ccccc2N(c2ccc(-c3cccc4c3oc3ccccc34)cc2)c2cc3c(oc4cccc(-c5ccc6ccccc6c5)c43)c3ccccc23)cc1. The predicted octanol–water partition coefficient (Wildman–Crippen LogP) is 16.3. The third kappa shape index (κ3) is 5.36. The highest BCUT2D eigenvalue weighted by molar-refractivity contribution is 6.23. The van der Waals surface area contributed by atoms with Gasteiger partial charge in [0.15, 0.2) is 0 Å². The summed E-state index contributed by atoms with van der Waals surface area (Å²) in [6.45, 7) is 0. The van der Waals surface area contributed by atoms with E-state index in [0.717, 1.165) is 105 Å². The van der Waals surface area contributed by atoms with E-state index in [2.05, 4.69) is 205 Å². The first-order valence-corrected chi connectivity index (χ1v) is 20.1. The van der Waals surface area contributed by atoms with Gasteiger partial charge >= 0.3 is 0 Å². The summed E-state index contributed by atoms with van der Waals surface area (Å²) < 4.78 is 13.3. The molecule has 10 aromatic carbocycles. The summed E-state index contributed by atoms with van der Waals surface area (Å²) >= 11 is 0. The Balaban J connectivity index is 1.11. The molecule has 0 amide bonds. The molecule has 0 radical (unpaired) electrons. The fourth-order valence-electron chi connectivity index (χ4n) is 9.11. The first-order chi connectivity index (χ1) is 29.3. The lowest BCUT2D eigenvalue weighted by molar-refractivity contribution is 0.670. The fraction of sp³-hybridized carbons (Fsp3) is 0. The topological polar surface area (TPSA) is 29.5 Å². The van der Waals surface area contributed by atoms with Crippen LogP contribution >= 0.6 is 0 Å². The van der Waals surface area contributed by atoms with Crippen LogP contribution in [0.15, 0.2) is 221 Å². The van der Waals surface area contributed by atoms with Crippen molar-refractivity contribution in [3.63, 3.8) is 0 Å². The molecule has 0 aliphatic rings. The molecular formula is C56H35NO2. The summed E-state index contributed by atoms with van der Waals surface area (Å²) in [5.41, 5.74) is 13.5. The first kappa shape index (κ1) is 33.3. The molecule has 12 aromatic rings. The molecule has 0 aliphatic heterocycles. The van der Waals surface area contributed by atoms with Gasteiger partial charge in [0.1, 0.15) is 22.3 Å². The lowest BCUT2D eigenvalue weighted by atomic mass is 9.95. The molecule has 0 saturated carbocycles. The predicted molar refractivity (Wildman–Crippen MR) is 247 cm³/mol. The van der Waals surface area contributed by atoms with Gasteiger partial charge in [-0.25, -0.2) is 0 Å². The standard InChI is InChI=1S/C56H35NO2/c1-2-15-37(16-3-1)42-18-8-10-25-50(42)57(41-32-30-38(31-33-41)44-23-12-24-48-46-20-9-11-26-52(46)58-55(44)48)51-35-49-54-43(40-29-28-36-14-4-5-17-39(36)34-40)22-13-27-53(54)59-56(49)47-21-7-6-19-45(47)51/h1-35H. The molecule has 276 valence electrons. The molecule has 0 N–H and O–H groups in total. The average molecular weight is 754 g/mol. The number of furan rings is 2. The van der Waals surface area contributed by atoms with Gasteiger partial charge in [0, 0.05) is 49.1 Å². The van der Waals surface area contributed by atoms with Gasteiger partial charge in [-0.2, -0.15) is 0 Å². The molecular weight excluding hydrogens is 719 g/mol. The highest BCUT2D eigenvalue weighted by Crippen LogP contribution is 2.49. The molecule has 0 saturated heterocycles. The maximum Gasteiger partial charge on any atom is 0.143 e. The molecule has 0 atom stereocenters. The quantitative estimate of drug-likeness (QED) is 0.169. The Morgan fingerprint density at radius 2 is 0.898 bits per heavy atom. The van der Waals surface area contributed by atoms with Crippen molar-refractivity contribution in [1.29, 1.82) is 0 Å². The third-order valence-corrected chi connectivity index (χ3v) is 11.9. The second-order valence-corrected chi connectivity index (χ2v) is 15.2. The molecule has 12 rings (SSSR count). The van der Waals surface area contributed by atoms with Gasteiger partial charge in [-0.1, -0.05) is 170 Å². The number of nitrogens with zero attached hydrogens (tertiary/aromatic N) is 1. The summed E-state index contributed by atoms with van der Waals surface area (Å²) in [6, 6.07) is 75.7. The molecule has 0 spiro atoms. The lowest BCUT2D eigenvalue weighted by Gasteiger charge is -2.29. The zero-order valence-corrected chi connectivity index (χ0v) is 32.0. The number of rotatable bonds is 6. The van der Waals surface area contributed by atoms with Gasteiger partial charge in [-0.15, -0.1) is 0 Å². The minimum absolute atomic E-state index is 0.869. The van der Waals surface area contributed by atoms with Gasteiger partial charge < -0.3 is 13.7 Å². The van der Waals surface area contributed by atoms with Crippen molar-refractivity contribution in [3.8, 4) is 33.4 Å². The molecule has 0 fully saturated rings. The van der Waals surface area contributed by atoms with E-state index in [0.29, 0.717) is 0 Å². The van der Waals surface area contributed by atoms with Crippen molar-refractivity contribution in [3.05, 3.63) is 212 Å². The zero-order valence-electron chi connectivity index (χ0n) is 32.0. The normalized spacial score (nSPS) is 11.7. The minimum atomic E-state index is 0.869. The molecule has 2 aromatic heterocycles. The molecule has 0 unspecified atom stereocenters. The van der Waals surface area contributed by atoms with Crippen LogP contribution in [-0.4, -0.2) is 0 Å². The Bertz CT molecular complexity index is 3560. The Kier molecular flexibility index (Phi) is 7.54. The maximum atomic E-state index is 6.85. The highest BCUT2D eigenvalue weighted by atomic mass is 16.3. The van der Waals surface area contributed by atoms with Crippen LogP contribution in [0.1, 0.15) is 0 Å². The van der Waals surface area contributed by atoms with Crippen molar-refractivity contribution < 1.29 is 8.83 Å². The average Bonchev–Trinajstić information content (AvgIpc) is 3.89. The van der Waals surface area contributed by atoms with Crippen molar-refractivity contribution in [2.45, 2.75) is 0 Å².